The van der Waals surface area contributed by atoms with Crippen molar-refractivity contribution in [2.45, 2.75) is 26.7 Å². The molecule has 0 fully saturated rings. The highest BCUT2D eigenvalue weighted by molar-refractivity contribution is 7.26. The Morgan fingerprint density at radius 2 is 1.51 bits per heavy atom. The van der Waals surface area contributed by atoms with Gasteiger partial charge in [0.05, 0.1) is 5.69 Å². The van der Waals surface area contributed by atoms with Gasteiger partial charge >= 0.3 is 0 Å². The summed E-state index contributed by atoms with van der Waals surface area (Å²) in [7, 11) is 0. The molecular weight excluding hydrogens is 470 g/mol. The number of hydrogen-bond donors (Lipinski definition) is 0. The highest BCUT2D eigenvalue weighted by Crippen LogP contribution is 2.41. The standard InChI is InChI=1S/C34H27NOS/c1-20(2)21(3)22-15-16-35-30(18-22)24-12-14-31-29(17-24)26-13-11-23(19-32(26)36-31)25-8-6-9-28-27-7-4-5-10-33(27)37-34(25)28/h4-21H,1-3H3. The number of nitrogens with zero attached hydrogens (tertiary/aromatic N) is 1. The van der Waals surface area contributed by atoms with Crippen LogP contribution in [-0.4, -0.2) is 4.98 Å². The molecule has 0 aliphatic rings. The third-order valence-corrected chi connectivity index (χ3v) is 9.01. The topological polar surface area (TPSA) is 26.0 Å². The molecule has 0 spiro atoms. The van der Waals surface area contributed by atoms with Crippen molar-refractivity contribution >= 4 is 53.4 Å². The Bertz CT molecular complexity index is 1940. The first-order valence-corrected chi connectivity index (χ1v) is 13.7. The molecule has 0 aliphatic carbocycles. The summed E-state index contributed by atoms with van der Waals surface area (Å²) in [6.45, 7) is 6.82. The van der Waals surface area contributed by atoms with Crippen molar-refractivity contribution in [1.29, 1.82) is 0 Å². The van der Waals surface area contributed by atoms with Crippen molar-refractivity contribution in [3.8, 4) is 22.4 Å². The summed E-state index contributed by atoms with van der Waals surface area (Å²) in [5.41, 5.74) is 7.71. The van der Waals surface area contributed by atoms with Gasteiger partial charge in [-0.3, -0.25) is 4.98 Å². The normalized spacial score (nSPS) is 12.9. The summed E-state index contributed by atoms with van der Waals surface area (Å²) in [6, 6.07) is 32.7. The molecule has 2 nitrogen and oxygen atoms in total. The maximum atomic E-state index is 6.35. The number of furan rings is 1. The van der Waals surface area contributed by atoms with Gasteiger partial charge in [-0.15, -0.1) is 11.3 Å². The molecule has 7 aromatic rings. The molecule has 1 atom stereocenters. The first kappa shape index (κ1) is 22.3. The number of fused-ring (bicyclic) bond motifs is 6. The Morgan fingerprint density at radius 1 is 0.676 bits per heavy atom. The van der Waals surface area contributed by atoms with Crippen LogP contribution in [0.2, 0.25) is 0 Å². The van der Waals surface area contributed by atoms with Crippen LogP contribution < -0.4 is 0 Å². The second-order valence-electron chi connectivity index (χ2n) is 10.3. The van der Waals surface area contributed by atoms with Crippen LogP contribution in [0.4, 0.5) is 0 Å². The molecule has 0 radical (unpaired) electrons. The summed E-state index contributed by atoms with van der Waals surface area (Å²) >= 11 is 1.86. The Morgan fingerprint density at radius 3 is 2.41 bits per heavy atom. The van der Waals surface area contributed by atoms with E-state index in [-0.39, 0.29) is 0 Å². The fraction of sp³-hybridized carbons (Fsp3) is 0.147. The molecule has 0 aliphatic heterocycles. The largest absolute Gasteiger partial charge is 0.456 e. The Hall–Kier alpha value is -3.95. The molecule has 3 heteroatoms. The molecule has 1 unspecified atom stereocenters. The molecule has 0 saturated carbocycles. The predicted octanol–water partition coefficient (Wildman–Crippen LogP) is 10.4. The predicted molar refractivity (Wildman–Crippen MR) is 159 cm³/mol. The lowest BCUT2D eigenvalue weighted by Crippen LogP contribution is -2.02. The van der Waals surface area contributed by atoms with Crippen LogP contribution >= 0.6 is 11.3 Å². The van der Waals surface area contributed by atoms with Crippen LogP contribution in [0.15, 0.2) is 102 Å². The van der Waals surface area contributed by atoms with Gasteiger partial charge in [0, 0.05) is 42.7 Å². The molecule has 3 heterocycles. The third-order valence-electron chi connectivity index (χ3n) is 7.79. The van der Waals surface area contributed by atoms with Gasteiger partial charge in [0.15, 0.2) is 0 Å². The zero-order valence-corrected chi connectivity index (χ0v) is 22.0. The number of rotatable bonds is 4. The van der Waals surface area contributed by atoms with E-state index >= 15 is 0 Å². The zero-order valence-electron chi connectivity index (χ0n) is 21.2. The zero-order chi connectivity index (χ0) is 25.1. The Kier molecular flexibility index (Phi) is 5.16. The van der Waals surface area contributed by atoms with Crippen molar-refractivity contribution in [3.05, 3.63) is 103 Å². The van der Waals surface area contributed by atoms with E-state index < -0.39 is 0 Å². The van der Waals surface area contributed by atoms with Gasteiger partial charge in [-0.25, -0.2) is 0 Å². The van der Waals surface area contributed by atoms with Gasteiger partial charge < -0.3 is 4.42 Å². The van der Waals surface area contributed by atoms with Gasteiger partial charge in [0.2, 0.25) is 0 Å². The van der Waals surface area contributed by atoms with Gasteiger partial charge in [-0.05, 0) is 77.1 Å². The van der Waals surface area contributed by atoms with Crippen LogP contribution in [0.3, 0.4) is 0 Å². The van der Waals surface area contributed by atoms with E-state index in [1.165, 1.54) is 36.9 Å². The van der Waals surface area contributed by atoms with Gasteiger partial charge in [-0.1, -0.05) is 63.2 Å². The van der Waals surface area contributed by atoms with Crippen LogP contribution in [0.5, 0.6) is 0 Å². The first-order valence-electron chi connectivity index (χ1n) is 12.9. The molecule has 0 N–H and O–H groups in total. The van der Waals surface area contributed by atoms with E-state index in [1.54, 1.807) is 0 Å². The van der Waals surface area contributed by atoms with Crippen molar-refractivity contribution in [2.24, 2.45) is 5.92 Å². The number of pyridine rings is 1. The molecule has 37 heavy (non-hydrogen) atoms. The number of thiophene rings is 1. The molecule has 3 aromatic heterocycles. The van der Waals surface area contributed by atoms with Crippen LogP contribution in [-0.2, 0) is 0 Å². The molecule has 4 aromatic carbocycles. The lowest BCUT2D eigenvalue weighted by atomic mass is 9.90. The van der Waals surface area contributed by atoms with E-state index in [0.717, 1.165) is 33.2 Å². The van der Waals surface area contributed by atoms with E-state index in [1.807, 2.05) is 17.5 Å². The van der Waals surface area contributed by atoms with Gasteiger partial charge in [-0.2, -0.15) is 0 Å². The molecule has 0 amide bonds. The lowest BCUT2D eigenvalue weighted by molar-refractivity contribution is 0.535. The van der Waals surface area contributed by atoms with E-state index in [2.05, 4.69) is 112 Å². The second kappa shape index (κ2) is 8.57. The van der Waals surface area contributed by atoms with Gasteiger partial charge in [0.1, 0.15) is 11.2 Å². The molecule has 0 bridgehead atoms. The second-order valence-corrected chi connectivity index (χ2v) is 11.4. The summed E-state index contributed by atoms with van der Waals surface area (Å²) < 4.78 is 9.00. The van der Waals surface area contributed by atoms with Crippen LogP contribution in [0, 0.1) is 5.92 Å². The third kappa shape index (κ3) is 3.65. The van der Waals surface area contributed by atoms with Crippen LogP contribution in [0.25, 0.3) is 64.5 Å². The van der Waals surface area contributed by atoms with Crippen molar-refractivity contribution in [3.63, 3.8) is 0 Å². The lowest BCUT2D eigenvalue weighted by Gasteiger charge is -2.16. The average molecular weight is 498 g/mol. The Labute approximate surface area is 220 Å². The SMILES string of the molecule is CC(C)C(C)c1ccnc(-c2ccc3oc4cc(-c5cccc6c5sc5ccccc56)ccc4c3c2)c1. The van der Waals surface area contributed by atoms with Gasteiger partial charge in [0.25, 0.3) is 0 Å². The number of hydrogen-bond acceptors (Lipinski definition) is 3. The molecule has 180 valence electrons. The number of benzene rings is 4. The minimum absolute atomic E-state index is 0.490. The van der Waals surface area contributed by atoms with E-state index in [9.17, 15) is 0 Å². The maximum absolute atomic E-state index is 6.35. The fourth-order valence-corrected chi connectivity index (χ4v) is 6.59. The summed E-state index contributed by atoms with van der Waals surface area (Å²) in [4.78, 5) is 4.69. The van der Waals surface area contributed by atoms with Crippen LogP contribution in [0.1, 0.15) is 32.3 Å². The van der Waals surface area contributed by atoms with E-state index in [4.69, 9.17) is 9.40 Å². The molecular formula is C34H27NOS. The van der Waals surface area contributed by atoms with E-state index in [0.29, 0.717) is 11.8 Å². The summed E-state index contributed by atoms with van der Waals surface area (Å²) in [5.74, 6) is 1.08. The van der Waals surface area contributed by atoms with Crippen molar-refractivity contribution in [2.75, 3.05) is 0 Å². The fourth-order valence-electron chi connectivity index (χ4n) is 5.35. The monoisotopic (exact) mass is 497 g/mol. The summed E-state index contributed by atoms with van der Waals surface area (Å²) in [6.07, 6.45) is 1.93. The quantitative estimate of drug-likeness (QED) is 0.242. The highest BCUT2D eigenvalue weighted by atomic mass is 32.1. The minimum Gasteiger partial charge on any atom is -0.456 e. The molecule has 7 rings (SSSR count). The first-order chi connectivity index (χ1) is 18.1. The highest BCUT2D eigenvalue weighted by Gasteiger charge is 2.15. The minimum atomic E-state index is 0.490. The smallest absolute Gasteiger partial charge is 0.136 e. The maximum Gasteiger partial charge on any atom is 0.136 e. The summed E-state index contributed by atoms with van der Waals surface area (Å²) in [5, 5.41) is 4.90. The van der Waals surface area contributed by atoms with Crippen molar-refractivity contribution in [1.82, 2.24) is 4.98 Å². The number of aromatic nitrogens is 1. The Balaban J connectivity index is 1.34. The van der Waals surface area contributed by atoms with Crippen molar-refractivity contribution < 1.29 is 4.42 Å². The molecule has 0 saturated heterocycles. The average Bonchev–Trinajstić information content (AvgIpc) is 3.50.